The third-order valence-corrected chi connectivity index (χ3v) is 4.41. The molecule has 0 amide bonds. The first-order chi connectivity index (χ1) is 7.88. The molecule has 0 spiro atoms. The molecule has 0 radical (unpaired) electrons. The molecule has 0 atom stereocenters. The highest BCUT2D eigenvalue weighted by Crippen LogP contribution is 2.21. The predicted molar refractivity (Wildman–Crippen MR) is 69.1 cm³/mol. The van der Waals surface area contributed by atoms with Crippen molar-refractivity contribution in [1.29, 1.82) is 0 Å². The van der Waals surface area contributed by atoms with Gasteiger partial charge in [-0.25, -0.2) is 17.5 Å². The van der Waals surface area contributed by atoms with Crippen LogP contribution in [0.4, 0.5) is 10.1 Å². The van der Waals surface area contributed by atoms with Crippen molar-refractivity contribution >= 4 is 27.5 Å². The topological polar surface area (TPSA) is 72.2 Å². The molecule has 0 aliphatic carbocycles. The number of sulfonamides is 1. The van der Waals surface area contributed by atoms with Crippen LogP contribution in [-0.2, 0) is 10.0 Å². The summed E-state index contributed by atoms with van der Waals surface area (Å²) in [6.45, 7) is 1.72. The van der Waals surface area contributed by atoms with E-state index in [1.54, 1.807) is 0 Å². The van der Waals surface area contributed by atoms with Gasteiger partial charge in [-0.2, -0.15) is 11.8 Å². The summed E-state index contributed by atoms with van der Waals surface area (Å²) < 4.78 is 39.6. The van der Waals surface area contributed by atoms with E-state index in [1.165, 1.54) is 24.8 Å². The first-order valence-corrected chi connectivity index (χ1v) is 7.80. The summed E-state index contributed by atoms with van der Waals surface area (Å²) in [5, 5.41) is 0. The van der Waals surface area contributed by atoms with Gasteiger partial charge >= 0.3 is 0 Å². The molecular formula is C10H15FN2O2S2. The van der Waals surface area contributed by atoms with Crippen molar-refractivity contribution in [3.63, 3.8) is 0 Å². The fourth-order valence-electron chi connectivity index (χ4n) is 1.31. The average molecular weight is 278 g/mol. The molecule has 0 heterocycles. The second-order valence-corrected chi connectivity index (χ2v) is 6.24. The Labute approximate surface area is 105 Å². The van der Waals surface area contributed by atoms with Gasteiger partial charge in [0.25, 0.3) is 0 Å². The van der Waals surface area contributed by atoms with Gasteiger partial charge in [0, 0.05) is 23.5 Å². The van der Waals surface area contributed by atoms with Crippen LogP contribution in [0.25, 0.3) is 0 Å². The second-order valence-electron chi connectivity index (χ2n) is 3.52. The number of nitrogens with two attached hydrogens (primary N) is 1. The summed E-state index contributed by atoms with van der Waals surface area (Å²) in [6.07, 6.45) is 1.87. The Kier molecular flexibility index (Phi) is 4.79. The summed E-state index contributed by atoms with van der Waals surface area (Å²) in [6, 6.07) is 2.37. The Bertz CT molecular complexity index is 503. The number of nitrogen functional groups attached to an aromatic ring is 1. The highest BCUT2D eigenvalue weighted by molar-refractivity contribution is 7.98. The molecule has 0 bridgehead atoms. The van der Waals surface area contributed by atoms with Gasteiger partial charge in [-0.05, 0) is 25.3 Å². The van der Waals surface area contributed by atoms with E-state index in [2.05, 4.69) is 4.72 Å². The zero-order chi connectivity index (χ0) is 13.1. The van der Waals surface area contributed by atoms with Crippen molar-refractivity contribution < 1.29 is 12.8 Å². The van der Waals surface area contributed by atoms with E-state index in [0.717, 1.165) is 6.07 Å². The van der Waals surface area contributed by atoms with Crippen LogP contribution in [0.5, 0.6) is 0 Å². The van der Waals surface area contributed by atoms with E-state index in [9.17, 15) is 12.8 Å². The first-order valence-electron chi connectivity index (χ1n) is 4.92. The lowest BCUT2D eigenvalue weighted by Crippen LogP contribution is -2.27. The lowest BCUT2D eigenvalue weighted by Gasteiger charge is -2.10. The Hall–Kier alpha value is -0.790. The highest BCUT2D eigenvalue weighted by atomic mass is 32.2. The number of hydrogen-bond donors (Lipinski definition) is 2. The minimum absolute atomic E-state index is 0.0795. The zero-order valence-corrected chi connectivity index (χ0v) is 11.3. The maximum atomic E-state index is 13.4. The minimum atomic E-state index is -3.69. The van der Waals surface area contributed by atoms with Crippen molar-refractivity contribution in [3.8, 4) is 0 Å². The monoisotopic (exact) mass is 278 g/mol. The third-order valence-electron chi connectivity index (χ3n) is 2.21. The Morgan fingerprint density at radius 2 is 2.12 bits per heavy atom. The molecule has 0 aliphatic rings. The Balaban J connectivity index is 3.06. The van der Waals surface area contributed by atoms with Gasteiger partial charge < -0.3 is 5.73 Å². The standard InChI is InChI=1S/C10H15FN2O2S2/c1-7-9(11)5-8(12)6-10(7)17(14,15)13-3-4-16-2/h5-6,13H,3-4,12H2,1-2H3. The number of rotatable bonds is 5. The number of nitrogens with one attached hydrogen (secondary N) is 1. The smallest absolute Gasteiger partial charge is 0.241 e. The van der Waals surface area contributed by atoms with Crippen LogP contribution in [-0.4, -0.2) is 27.0 Å². The summed E-state index contributed by atoms with van der Waals surface area (Å²) in [4.78, 5) is -0.101. The fraction of sp³-hybridized carbons (Fsp3) is 0.400. The molecule has 1 aromatic rings. The van der Waals surface area contributed by atoms with Crippen LogP contribution in [0.3, 0.4) is 0 Å². The van der Waals surface area contributed by atoms with Gasteiger partial charge in [-0.1, -0.05) is 0 Å². The molecule has 17 heavy (non-hydrogen) atoms. The van der Waals surface area contributed by atoms with Gasteiger partial charge in [0.05, 0.1) is 4.90 Å². The molecule has 1 rings (SSSR count). The van der Waals surface area contributed by atoms with E-state index in [1.807, 2.05) is 6.26 Å². The zero-order valence-electron chi connectivity index (χ0n) is 9.66. The van der Waals surface area contributed by atoms with Crippen molar-refractivity contribution in [2.45, 2.75) is 11.8 Å². The molecule has 0 saturated heterocycles. The summed E-state index contributed by atoms with van der Waals surface area (Å²) in [7, 11) is -3.69. The quantitative estimate of drug-likeness (QED) is 0.630. The summed E-state index contributed by atoms with van der Waals surface area (Å²) in [5.74, 6) is 0.0403. The van der Waals surface area contributed by atoms with Crippen molar-refractivity contribution in [1.82, 2.24) is 4.72 Å². The molecule has 96 valence electrons. The number of thioether (sulfide) groups is 1. The third kappa shape index (κ3) is 3.58. The van der Waals surface area contributed by atoms with Crippen LogP contribution in [0.2, 0.25) is 0 Å². The maximum Gasteiger partial charge on any atom is 0.241 e. The molecule has 0 fully saturated rings. The Morgan fingerprint density at radius 3 is 2.71 bits per heavy atom. The van der Waals surface area contributed by atoms with Crippen LogP contribution >= 0.6 is 11.8 Å². The molecule has 4 nitrogen and oxygen atoms in total. The molecule has 0 aliphatic heterocycles. The normalized spacial score (nSPS) is 11.7. The number of benzene rings is 1. The van der Waals surface area contributed by atoms with Crippen LogP contribution in [0.15, 0.2) is 17.0 Å². The highest BCUT2D eigenvalue weighted by Gasteiger charge is 2.19. The van der Waals surface area contributed by atoms with Gasteiger partial charge in [-0.15, -0.1) is 0 Å². The van der Waals surface area contributed by atoms with Crippen LogP contribution in [0.1, 0.15) is 5.56 Å². The van der Waals surface area contributed by atoms with Gasteiger partial charge in [0.1, 0.15) is 5.82 Å². The molecule has 0 unspecified atom stereocenters. The van der Waals surface area contributed by atoms with E-state index in [4.69, 9.17) is 5.73 Å². The number of halogens is 1. The van der Waals surface area contributed by atoms with Crippen LogP contribution < -0.4 is 10.5 Å². The molecule has 3 N–H and O–H groups in total. The van der Waals surface area contributed by atoms with Gasteiger partial charge in [0.15, 0.2) is 0 Å². The SMILES string of the molecule is CSCCNS(=O)(=O)c1cc(N)cc(F)c1C. The van der Waals surface area contributed by atoms with Gasteiger partial charge in [-0.3, -0.25) is 0 Å². The largest absolute Gasteiger partial charge is 0.399 e. The van der Waals surface area contributed by atoms with Crippen molar-refractivity contribution in [2.24, 2.45) is 0 Å². The number of hydrogen-bond acceptors (Lipinski definition) is 4. The van der Waals surface area contributed by atoms with E-state index in [0.29, 0.717) is 12.3 Å². The average Bonchev–Trinajstić information content (AvgIpc) is 2.23. The first kappa shape index (κ1) is 14.3. The molecule has 0 aromatic heterocycles. The lowest BCUT2D eigenvalue weighted by atomic mass is 10.2. The van der Waals surface area contributed by atoms with E-state index in [-0.39, 0.29) is 16.1 Å². The van der Waals surface area contributed by atoms with Crippen LogP contribution in [0, 0.1) is 12.7 Å². The predicted octanol–water partition coefficient (Wildman–Crippen LogP) is 1.36. The summed E-state index contributed by atoms with van der Waals surface area (Å²) >= 11 is 1.52. The molecule has 7 heteroatoms. The van der Waals surface area contributed by atoms with E-state index >= 15 is 0 Å². The fourth-order valence-corrected chi connectivity index (χ4v) is 3.06. The van der Waals surface area contributed by atoms with Crippen molar-refractivity contribution in [3.05, 3.63) is 23.5 Å². The van der Waals surface area contributed by atoms with E-state index < -0.39 is 15.8 Å². The second kappa shape index (κ2) is 5.70. The van der Waals surface area contributed by atoms with Gasteiger partial charge in [0.2, 0.25) is 10.0 Å². The summed E-state index contributed by atoms with van der Waals surface area (Å²) in [5.41, 5.74) is 5.62. The minimum Gasteiger partial charge on any atom is -0.399 e. The Morgan fingerprint density at radius 1 is 1.47 bits per heavy atom. The van der Waals surface area contributed by atoms with Crippen molar-refractivity contribution in [2.75, 3.05) is 24.3 Å². The number of anilines is 1. The molecule has 1 aromatic carbocycles. The lowest BCUT2D eigenvalue weighted by molar-refractivity contribution is 0.577. The molecule has 0 saturated carbocycles. The maximum absolute atomic E-state index is 13.4. The molecular weight excluding hydrogens is 263 g/mol.